The summed E-state index contributed by atoms with van der Waals surface area (Å²) in [6, 6.07) is 24.4. The molecule has 0 aliphatic heterocycles. The topological polar surface area (TPSA) is 235 Å². The van der Waals surface area contributed by atoms with Crippen LogP contribution in [0.15, 0.2) is 85.2 Å². The van der Waals surface area contributed by atoms with Crippen LogP contribution in [0.1, 0.15) is 69.4 Å². The number of aliphatic hydroxyl groups is 2. The highest BCUT2D eigenvalue weighted by Crippen LogP contribution is 2.38. The first kappa shape index (κ1) is 46.6. The number of aromatic nitrogens is 1. The van der Waals surface area contributed by atoms with E-state index in [-0.39, 0.29) is 51.2 Å². The lowest BCUT2D eigenvalue weighted by Crippen LogP contribution is -2.31. The number of primary amides is 1. The Morgan fingerprint density at radius 2 is 1.50 bits per heavy atom. The summed E-state index contributed by atoms with van der Waals surface area (Å²) in [7, 11) is 0. The third kappa shape index (κ3) is 13.0. The fourth-order valence-corrected chi connectivity index (χ4v) is 7.20. The molecule has 1 aromatic heterocycles. The van der Waals surface area contributed by atoms with Gasteiger partial charge in [-0.05, 0) is 102 Å². The van der Waals surface area contributed by atoms with Crippen molar-refractivity contribution >= 4 is 29.4 Å². The van der Waals surface area contributed by atoms with Crippen LogP contribution in [-0.2, 0) is 29.2 Å². The third-order valence-electron chi connectivity index (χ3n) is 10.2. The molecule has 0 spiro atoms. The number of carbonyl (C=O) groups is 3. The Bertz CT molecular complexity index is 2440. The van der Waals surface area contributed by atoms with Gasteiger partial charge in [0.05, 0.1) is 41.2 Å². The van der Waals surface area contributed by atoms with E-state index in [1.54, 1.807) is 36.5 Å². The largest absolute Gasteiger partial charge is 0.491 e. The number of amides is 1. The fourth-order valence-electron chi connectivity index (χ4n) is 6.96. The predicted molar refractivity (Wildman–Crippen MR) is 232 cm³/mol. The van der Waals surface area contributed by atoms with E-state index in [9.17, 15) is 29.9 Å². The summed E-state index contributed by atoms with van der Waals surface area (Å²) in [6.45, 7) is 4.85. The first-order valence-electron chi connectivity index (χ1n) is 19.9. The van der Waals surface area contributed by atoms with Crippen LogP contribution in [0.2, 0.25) is 5.02 Å². The first-order chi connectivity index (χ1) is 29.7. The van der Waals surface area contributed by atoms with Crippen LogP contribution in [0.5, 0.6) is 17.2 Å². The van der Waals surface area contributed by atoms with Crippen LogP contribution < -0.4 is 25.3 Å². The summed E-state index contributed by atoms with van der Waals surface area (Å²) < 4.78 is 18.4. The molecule has 324 valence electrons. The Kier molecular flexibility index (Phi) is 16.8. The van der Waals surface area contributed by atoms with Gasteiger partial charge in [0.15, 0.2) is 0 Å². The maximum atomic E-state index is 12.5. The SMILES string of the molecule is Cc1c(COc2cc(OCc3cncc(C#N)c3)c(CCC[C@@H](O)CC(=O)O)cc2Cl)cccc1-c1cccc(-c2ccc(OCCNC[C@@H](O)CC(=O)O)c(C(N)=O)c2)c1C. The molecule has 5 rings (SSSR count). The minimum atomic E-state index is -1.09. The van der Waals surface area contributed by atoms with E-state index >= 15 is 0 Å². The molecule has 0 aliphatic rings. The molecule has 0 radical (unpaired) electrons. The number of nitrogens with zero attached hydrogens (tertiary/aromatic N) is 2. The summed E-state index contributed by atoms with van der Waals surface area (Å²) in [5, 5.41) is 50.3. The van der Waals surface area contributed by atoms with Gasteiger partial charge in [0.25, 0.3) is 5.91 Å². The first-order valence-corrected chi connectivity index (χ1v) is 20.3. The average molecular weight is 865 g/mol. The Morgan fingerprint density at radius 1 is 0.806 bits per heavy atom. The average Bonchev–Trinajstić information content (AvgIpc) is 3.23. The monoisotopic (exact) mass is 864 g/mol. The molecule has 0 saturated heterocycles. The minimum Gasteiger partial charge on any atom is -0.491 e. The van der Waals surface area contributed by atoms with Gasteiger partial charge in [-0.3, -0.25) is 19.4 Å². The van der Waals surface area contributed by atoms with Crippen molar-refractivity contribution < 1.29 is 49.0 Å². The van der Waals surface area contributed by atoms with E-state index in [0.717, 1.165) is 44.5 Å². The van der Waals surface area contributed by atoms with Gasteiger partial charge in [-0.2, -0.15) is 5.26 Å². The van der Waals surface area contributed by atoms with E-state index in [4.69, 9.17) is 41.8 Å². The van der Waals surface area contributed by atoms with Crippen LogP contribution >= 0.6 is 11.6 Å². The third-order valence-corrected chi connectivity index (χ3v) is 10.5. The zero-order valence-electron chi connectivity index (χ0n) is 34.4. The number of hydrogen-bond acceptors (Lipinski definition) is 11. The number of carbonyl (C=O) groups excluding carboxylic acids is 1. The summed E-state index contributed by atoms with van der Waals surface area (Å²) in [6.07, 6.45) is 1.55. The minimum absolute atomic E-state index is 0.0793. The number of aliphatic carboxylic acids is 2. The van der Waals surface area contributed by atoms with Gasteiger partial charge < -0.3 is 45.7 Å². The van der Waals surface area contributed by atoms with Gasteiger partial charge in [0.2, 0.25) is 0 Å². The molecule has 14 nitrogen and oxygen atoms in total. The smallest absolute Gasteiger partial charge is 0.306 e. The van der Waals surface area contributed by atoms with Crippen LogP contribution in [0.25, 0.3) is 22.3 Å². The molecule has 62 heavy (non-hydrogen) atoms. The standard InChI is InChI=1S/C47H49ClN4O10/c1-28-34(27-62-44-21-43(61-26-31-16-30(22-49)23-52-24-31)33(18-41(44)48)6-3-8-35(53)19-45(55)56)7-4-10-38(28)39-11-5-9-37(29(39)2)32-12-13-42(40(17-32)47(50)59)60-15-14-51-25-36(54)20-46(57)58/h4-5,7,9-13,16-18,21,23-24,35-36,51,53-54H,3,6,8,14-15,19-20,25-27H2,1-2H3,(H2,50,59)(H,55,56)(H,57,58)/t35-,36+/m1/s1. The van der Waals surface area contributed by atoms with Gasteiger partial charge >= 0.3 is 11.9 Å². The molecule has 5 aromatic rings. The Morgan fingerprint density at radius 3 is 2.23 bits per heavy atom. The number of ether oxygens (including phenoxy) is 3. The summed E-state index contributed by atoms with van der Waals surface area (Å²) in [5.74, 6) is -1.66. The van der Waals surface area contributed by atoms with Gasteiger partial charge in [0, 0.05) is 37.1 Å². The van der Waals surface area contributed by atoms with Crippen molar-refractivity contribution in [3.8, 4) is 45.6 Å². The van der Waals surface area contributed by atoms with E-state index in [2.05, 4.69) is 16.4 Å². The number of rotatable bonds is 23. The number of hydrogen-bond donors (Lipinski definition) is 6. The summed E-state index contributed by atoms with van der Waals surface area (Å²) in [4.78, 5) is 38.5. The van der Waals surface area contributed by atoms with Crippen molar-refractivity contribution in [2.45, 2.75) is 71.4 Å². The number of aryl methyl sites for hydroxylation is 1. The number of carboxylic acid groups (broad SMARTS) is 2. The molecular formula is C47H49ClN4O10. The summed E-state index contributed by atoms with van der Waals surface area (Å²) in [5.41, 5.74) is 14.3. The maximum Gasteiger partial charge on any atom is 0.306 e. The second kappa shape index (κ2) is 22.4. The van der Waals surface area contributed by atoms with Gasteiger partial charge in [-0.15, -0.1) is 0 Å². The van der Waals surface area contributed by atoms with Crippen LogP contribution in [-0.4, -0.2) is 75.2 Å². The number of nitriles is 1. The van der Waals surface area contributed by atoms with E-state index in [1.165, 1.54) is 6.20 Å². The molecule has 1 heterocycles. The van der Waals surface area contributed by atoms with Crippen LogP contribution in [0.4, 0.5) is 0 Å². The second-order valence-electron chi connectivity index (χ2n) is 14.8. The zero-order valence-corrected chi connectivity index (χ0v) is 35.2. The predicted octanol–water partition coefficient (Wildman–Crippen LogP) is 6.78. The van der Waals surface area contributed by atoms with Crippen molar-refractivity contribution in [1.82, 2.24) is 10.3 Å². The molecular weight excluding hydrogens is 816 g/mol. The molecule has 0 unspecified atom stereocenters. The molecule has 0 fully saturated rings. The molecule has 2 atom stereocenters. The number of pyridine rings is 1. The second-order valence-corrected chi connectivity index (χ2v) is 15.2. The number of carboxylic acids is 2. The van der Waals surface area contributed by atoms with Crippen LogP contribution in [0.3, 0.4) is 0 Å². The van der Waals surface area contributed by atoms with Crippen molar-refractivity contribution in [2.75, 3.05) is 19.7 Å². The molecule has 1 amide bonds. The number of aliphatic hydroxyl groups excluding tert-OH is 2. The Balaban J connectivity index is 1.33. The molecule has 7 N–H and O–H groups in total. The Labute approximate surface area is 364 Å². The van der Waals surface area contributed by atoms with E-state index in [0.29, 0.717) is 52.8 Å². The number of nitrogens with one attached hydrogen (secondary N) is 1. The molecule has 4 aromatic carbocycles. The number of halogens is 1. The highest BCUT2D eigenvalue weighted by Gasteiger charge is 2.18. The lowest BCUT2D eigenvalue weighted by Gasteiger charge is -2.19. The van der Waals surface area contributed by atoms with Gasteiger partial charge in [-0.25, -0.2) is 0 Å². The molecule has 0 saturated carbocycles. The zero-order chi connectivity index (χ0) is 44.8. The van der Waals surface area contributed by atoms with E-state index in [1.807, 2.05) is 56.3 Å². The lowest BCUT2D eigenvalue weighted by atomic mass is 9.89. The Hall–Kier alpha value is -6.50. The normalized spacial score (nSPS) is 11.9. The number of nitrogens with two attached hydrogens (primary N) is 1. The highest BCUT2D eigenvalue weighted by atomic mass is 35.5. The summed E-state index contributed by atoms with van der Waals surface area (Å²) >= 11 is 6.78. The van der Waals surface area contributed by atoms with Crippen molar-refractivity contribution in [3.63, 3.8) is 0 Å². The molecule has 15 heteroatoms. The van der Waals surface area contributed by atoms with Crippen LogP contribution in [0, 0.1) is 25.2 Å². The van der Waals surface area contributed by atoms with Gasteiger partial charge in [0.1, 0.15) is 43.1 Å². The van der Waals surface area contributed by atoms with Crippen molar-refractivity contribution in [1.29, 1.82) is 5.26 Å². The number of benzene rings is 4. The quantitative estimate of drug-likeness (QED) is 0.0372. The molecule has 0 aliphatic carbocycles. The van der Waals surface area contributed by atoms with Gasteiger partial charge in [-0.1, -0.05) is 54.1 Å². The van der Waals surface area contributed by atoms with Crippen molar-refractivity contribution in [2.24, 2.45) is 5.73 Å². The molecule has 0 bridgehead atoms. The van der Waals surface area contributed by atoms with Crippen molar-refractivity contribution in [3.05, 3.63) is 129 Å². The highest BCUT2D eigenvalue weighted by molar-refractivity contribution is 6.32. The fraction of sp³-hybridized carbons (Fsp3) is 0.298. The van der Waals surface area contributed by atoms with E-state index < -0.39 is 30.1 Å². The maximum absolute atomic E-state index is 12.5. The lowest BCUT2D eigenvalue weighted by molar-refractivity contribution is -0.140.